The molecule has 2 N–H and O–H groups in total. The number of halogens is 1. The molecule has 0 saturated carbocycles. The van der Waals surface area contributed by atoms with Gasteiger partial charge in [0.15, 0.2) is 0 Å². The number of nitrogens with zero attached hydrogens (tertiary/aromatic N) is 2. The summed E-state index contributed by atoms with van der Waals surface area (Å²) in [7, 11) is 0. The molecule has 8 rings (SSSR count). The van der Waals surface area contributed by atoms with Gasteiger partial charge in [0.2, 0.25) is 5.91 Å². The van der Waals surface area contributed by atoms with E-state index >= 15 is 9.59 Å². The van der Waals surface area contributed by atoms with Gasteiger partial charge in [0.1, 0.15) is 42.4 Å². The van der Waals surface area contributed by atoms with E-state index in [-0.39, 0.29) is 25.5 Å². The van der Waals surface area contributed by atoms with Crippen molar-refractivity contribution in [1.82, 2.24) is 10.2 Å². The van der Waals surface area contributed by atoms with Crippen molar-refractivity contribution in [3.8, 4) is 5.75 Å². The zero-order valence-corrected chi connectivity index (χ0v) is 34.3. The van der Waals surface area contributed by atoms with Gasteiger partial charge >= 0.3 is 18.0 Å². The lowest BCUT2D eigenvalue weighted by atomic mass is 9.65. The molecule has 11 nitrogen and oxygen atoms in total. The SMILES string of the molecule is C=CCOC(=O)[C@@H]1[C@H]2C(=O)O[C@H](c3ccccc3)[C@H](c3ccccc3)N2[C@H](c2cccc(OCCO)c2)[C@@]12C(=O)N(C(=O)N[C@H](C)c1ccccc1)c1ccc(I)cc12. The minimum Gasteiger partial charge on any atom is -0.491 e. The van der Waals surface area contributed by atoms with E-state index in [0.717, 1.165) is 19.6 Å². The number of nitrogens with one attached hydrogen (secondary N) is 1. The fourth-order valence-electron chi connectivity index (χ4n) is 9.09. The van der Waals surface area contributed by atoms with Gasteiger partial charge in [0.25, 0.3) is 0 Å². The van der Waals surface area contributed by atoms with E-state index in [0.29, 0.717) is 22.4 Å². The topological polar surface area (TPSA) is 135 Å². The predicted molar refractivity (Wildman–Crippen MR) is 228 cm³/mol. The lowest BCUT2D eigenvalue weighted by Gasteiger charge is -2.46. The van der Waals surface area contributed by atoms with Gasteiger partial charge in [-0.15, -0.1) is 0 Å². The van der Waals surface area contributed by atoms with Crippen molar-refractivity contribution in [3.63, 3.8) is 0 Å². The summed E-state index contributed by atoms with van der Waals surface area (Å²) >= 11 is 2.15. The van der Waals surface area contributed by atoms with Gasteiger partial charge in [-0.25, -0.2) is 9.69 Å². The molecule has 0 radical (unpaired) electrons. The normalized spacial score (nSPS) is 23.8. The molecule has 0 unspecified atom stereocenters. The number of benzene rings is 5. The summed E-state index contributed by atoms with van der Waals surface area (Å²) in [5, 5.41) is 12.7. The van der Waals surface area contributed by atoms with Crippen LogP contribution >= 0.6 is 22.6 Å². The third-order valence-electron chi connectivity index (χ3n) is 11.4. The number of imide groups is 1. The average molecular weight is 904 g/mol. The Kier molecular flexibility index (Phi) is 11.4. The number of aliphatic hydroxyl groups excluding tert-OH is 1. The summed E-state index contributed by atoms with van der Waals surface area (Å²) < 4.78 is 19.0. The van der Waals surface area contributed by atoms with Crippen LogP contribution in [0.15, 0.2) is 146 Å². The highest BCUT2D eigenvalue weighted by molar-refractivity contribution is 14.1. The summed E-state index contributed by atoms with van der Waals surface area (Å²) in [6.45, 7) is 5.15. The van der Waals surface area contributed by atoms with Crippen molar-refractivity contribution in [3.05, 3.63) is 178 Å². The summed E-state index contributed by atoms with van der Waals surface area (Å²) in [4.78, 5) is 63.9. The van der Waals surface area contributed by atoms with E-state index in [4.69, 9.17) is 14.2 Å². The van der Waals surface area contributed by atoms with Gasteiger partial charge in [-0.3, -0.25) is 19.3 Å². The van der Waals surface area contributed by atoms with E-state index in [1.54, 1.807) is 30.3 Å². The molecular weight excluding hydrogens is 861 g/mol. The van der Waals surface area contributed by atoms with Gasteiger partial charge in [0.05, 0.1) is 30.4 Å². The highest BCUT2D eigenvalue weighted by Gasteiger charge is 2.76. The maximum absolute atomic E-state index is 16.1. The van der Waals surface area contributed by atoms with Crippen LogP contribution in [0.1, 0.15) is 59.0 Å². The van der Waals surface area contributed by atoms with Gasteiger partial charge in [-0.05, 0) is 87.7 Å². The second kappa shape index (κ2) is 16.8. The molecule has 7 atom stereocenters. The number of carbonyl (C=O) groups is 4. The monoisotopic (exact) mass is 903 g/mol. The van der Waals surface area contributed by atoms with Crippen molar-refractivity contribution in [2.75, 3.05) is 24.7 Å². The minimum absolute atomic E-state index is 0.00462. The number of rotatable bonds is 11. The van der Waals surface area contributed by atoms with E-state index in [9.17, 15) is 14.7 Å². The number of cyclic esters (lactones) is 1. The highest BCUT2D eigenvalue weighted by Crippen LogP contribution is 2.66. The highest BCUT2D eigenvalue weighted by atomic mass is 127. The molecule has 59 heavy (non-hydrogen) atoms. The zero-order valence-electron chi connectivity index (χ0n) is 32.1. The van der Waals surface area contributed by atoms with E-state index < -0.39 is 65.5 Å². The van der Waals surface area contributed by atoms with E-state index in [1.165, 1.54) is 6.08 Å². The van der Waals surface area contributed by atoms with Crippen molar-refractivity contribution < 1.29 is 38.5 Å². The van der Waals surface area contributed by atoms with Crippen LogP contribution in [0.3, 0.4) is 0 Å². The first-order valence-electron chi connectivity index (χ1n) is 19.4. The molecule has 5 aromatic carbocycles. The quantitative estimate of drug-likeness (QED) is 0.0784. The fraction of sp³-hybridized carbons (Fsp3) is 0.234. The molecule has 3 aliphatic heterocycles. The van der Waals surface area contributed by atoms with Crippen LogP contribution in [0.5, 0.6) is 5.75 Å². The standard InChI is InChI=1S/C47H42IN3O8/c1-3-25-58-43(53)38-40-44(54)59-41(32-18-11-6-12-19-32)39(31-16-9-5-10-17-31)51(40)42(33-20-13-21-35(27-33)57-26-24-52)47(38)36-28-34(48)22-23-37(36)50(45(47)55)46(56)49-29(2)30-14-7-4-8-15-30/h3-23,27-29,38-42,52H,1,24-26H2,2H3,(H,49,56)/t29-,38+,39+,40+,41-,42-,47+/m1/s1. The Morgan fingerprint density at radius 3 is 2.22 bits per heavy atom. The van der Waals surface area contributed by atoms with Crippen LogP contribution < -0.4 is 15.0 Å². The molecule has 3 aliphatic rings. The molecule has 0 aliphatic carbocycles. The van der Waals surface area contributed by atoms with Crippen LogP contribution in [0.4, 0.5) is 10.5 Å². The van der Waals surface area contributed by atoms with Crippen LogP contribution in [-0.2, 0) is 29.3 Å². The van der Waals surface area contributed by atoms with Crippen LogP contribution in [0.25, 0.3) is 0 Å². The van der Waals surface area contributed by atoms with Crippen molar-refractivity contribution in [1.29, 1.82) is 0 Å². The van der Waals surface area contributed by atoms with Gasteiger partial charge in [-0.2, -0.15) is 0 Å². The number of carbonyl (C=O) groups excluding carboxylic acids is 4. The number of anilines is 1. The summed E-state index contributed by atoms with van der Waals surface area (Å²) in [6.07, 6.45) is 0.545. The number of amides is 3. The molecule has 3 heterocycles. The maximum atomic E-state index is 16.1. The molecule has 1 spiro atoms. The lowest BCUT2D eigenvalue weighted by molar-refractivity contribution is -0.180. The molecule has 0 bridgehead atoms. The zero-order chi connectivity index (χ0) is 41.3. The number of aliphatic hydroxyl groups is 1. The molecule has 5 aromatic rings. The second-order valence-electron chi connectivity index (χ2n) is 14.7. The Bertz CT molecular complexity index is 2380. The fourth-order valence-corrected chi connectivity index (χ4v) is 9.58. The van der Waals surface area contributed by atoms with Crippen LogP contribution in [0, 0.1) is 9.49 Å². The maximum Gasteiger partial charge on any atom is 0.329 e. The summed E-state index contributed by atoms with van der Waals surface area (Å²) in [6, 6.07) is 36.3. The van der Waals surface area contributed by atoms with Crippen molar-refractivity contribution in [2.24, 2.45) is 5.92 Å². The second-order valence-corrected chi connectivity index (χ2v) is 16.0. The molecule has 3 amide bonds. The van der Waals surface area contributed by atoms with Crippen molar-refractivity contribution >= 4 is 52.2 Å². The summed E-state index contributed by atoms with van der Waals surface area (Å²) in [5.41, 5.74) is 1.55. The van der Waals surface area contributed by atoms with Gasteiger partial charge in [0, 0.05) is 3.57 Å². The minimum atomic E-state index is -1.94. The Hall–Kier alpha value is -5.83. The van der Waals surface area contributed by atoms with Crippen LogP contribution in [0.2, 0.25) is 0 Å². The molecule has 0 aromatic heterocycles. The Labute approximate surface area is 355 Å². The molecular formula is C47H42IN3O8. The number of ether oxygens (including phenoxy) is 3. The van der Waals surface area contributed by atoms with E-state index in [1.807, 2.05) is 115 Å². The average Bonchev–Trinajstić information content (AvgIpc) is 3.72. The number of hydrogen-bond acceptors (Lipinski definition) is 9. The summed E-state index contributed by atoms with van der Waals surface area (Å²) in [5.74, 6) is -3.36. The first-order chi connectivity index (χ1) is 28.7. The lowest BCUT2D eigenvalue weighted by Crippen LogP contribution is -2.54. The number of morpholine rings is 1. The van der Waals surface area contributed by atoms with Gasteiger partial charge in [-0.1, -0.05) is 116 Å². The Morgan fingerprint density at radius 1 is 0.881 bits per heavy atom. The van der Waals surface area contributed by atoms with Gasteiger partial charge < -0.3 is 24.6 Å². The molecule has 2 saturated heterocycles. The van der Waals surface area contributed by atoms with Crippen LogP contribution in [-0.4, -0.2) is 59.7 Å². The Morgan fingerprint density at radius 2 is 1.54 bits per heavy atom. The first-order valence-corrected chi connectivity index (χ1v) is 20.5. The number of hydrogen-bond donors (Lipinski definition) is 2. The number of urea groups is 1. The third-order valence-corrected chi connectivity index (χ3v) is 12.1. The predicted octanol–water partition coefficient (Wildman–Crippen LogP) is 7.53. The molecule has 12 heteroatoms. The third kappa shape index (κ3) is 6.98. The van der Waals surface area contributed by atoms with E-state index in [2.05, 4.69) is 34.5 Å². The molecule has 300 valence electrons. The largest absolute Gasteiger partial charge is 0.491 e. The first kappa shape index (κ1) is 40.0. The van der Waals surface area contributed by atoms with Crippen molar-refractivity contribution in [2.45, 2.75) is 42.6 Å². The smallest absolute Gasteiger partial charge is 0.329 e. The Balaban J connectivity index is 1.42. The number of esters is 2. The number of fused-ring (bicyclic) bond motifs is 3. The molecule has 2 fully saturated rings.